The summed E-state index contributed by atoms with van der Waals surface area (Å²) in [5.41, 5.74) is 0.570. The molecule has 7 heteroatoms. The van der Waals surface area contributed by atoms with E-state index in [0.29, 0.717) is 11.4 Å². The highest BCUT2D eigenvalue weighted by Crippen LogP contribution is 2.43. The fourth-order valence-electron chi connectivity index (χ4n) is 3.83. The zero-order valence-electron chi connectivity index (χ0n) is 13.4. The van der Waals surface area contributed by atoms with Crippen molar-refractivity contribution in [3.8, 4) is 5.82 Å². The van der Waals surface area contributed by atoms with Crippen LogP contribution in [0.15, 0.2) is 18.9 Å². The minimum atomic E-state index is -0.0525. The van der Waals surface area contributed by atoms with Crippen LogP contribution in [0.1, 0.15) is 48.9 Å². The summed E-state index contributed by atoms with van der Waals surface area (Å²) in [6, 6.07) is 0.288. The second-order valence-electron chi connectivity index (χ2n) is 6.81. The van der Waals surface area contributed by atoms with Crippen molar-refractivity contribution in [2.45, 2.75) is 44.6 Å². The van der Waals surface area contributed by atoms with Crippen molar-refractivity contribution in [2.75, 3.05) is 0 Å². The highest BCUT2D eigenvalue weighted by atomic mass is 16.1. The fourth-order valence-corrected chi connectivity index (χ4v) is 3.83. The predicted molar refractivity (Wildman–Crippen MR) is 84.1 cm³/mol. The van der Waals surface area contributed by atoms with Crippen molar-refractivity contribution in [1.82, 2.24) is 29.9 Å². The molecule has 0 saturated heterocycles. The summed E-state index contributed by atoms with van der Waals surface area (Å²) in [5.74, 6) is 2.37. The van der Waals surface area contributed by atoms with Crippen molar-refractivity contribution in [3.05, 3.63) is 24.4 Å². The second-order valence-corrected chi connectivity index (χ2v) is 6.81. The number of nitrogens with zero attached hydrogens (tertiary/aromatic N) is 5. The van der Waals surface area contributed by atoms with Crippen LogP contribution in [0.5, 0.6) is 0 Å². The first-order chi connectivity index (χ1) is 11.2. The Bertz CT molecular complexity index is 687. The zero-order valence-corrected chi connectivity index (χ0v) is 13.4. The number of amides is 1. The monoisotopic (exact) mass is 314 g/mol. The molecule has 0 radical (unpaired) electrons. The van der Waals surface area contributed by atoms with Crippen LogP contribution in [0.2, 0.25) is 0 Å². The van der Waals surface area contributed by atoms with E-state index in [4.69, 9.17) is 0 Å². The lowest BCUT2D eigenvalue weighted by molar-refractivity contribution is 0.0917. The van der Waals surface area contributed by atoms with Crippen molar-refractivity contribution >= 4 is 5.91 Å². The molecule has 0 aliphatic heterocycles. The molecule has 2 aliphatic carbocycles. The summed E-state index contributed by atoms with van der Waals surface area (Å²) >= 11 is 0. The van der Waals surface area contributed by atoms with Gasteiger partial charge in [0.1, 0.15) is 24.0 Å². The van der Waals surface area contributed by atoms with E-state index in [9.17, 15) is 4.79 Å². The maximum atomic E-state index is 12.7. The van der Waals surface area contributed by atoms with Crippen LogP contribution in [0, 0.1) is 11.8 Å². The third-order valence-corrected chi connectivity index (χ3v) is 5.15. The zero-order chi connectivity index (χ0) is 15.8. The Morgan fingerprint density at radius 2 is 1.96 bits per heavy atom. The second kappa shape index (κ2) is 5.79. The van der Waals surface area contributed by atoms with Gasteiger partial charge in [0, 0.05) is 13.1 Å². The molecular formula is C16H22N6O. The molecule has 2 atom stereocenters. The quantitative estimate of drug-likeness (QED) is 0.932. The maximum absolute atomic E-state index is 12.7. The van der Waals surface area contributed by atoms with Gasteiger partial charge in [0.05, 0.1) is 6.20 Å². The Hall–Kier alpha value is -2.18. The van der Waals surface area contributed by atoms with Gasteiger partial charge in [-0.1, -0.05) is 12.8 Å². The van der Waals surface area contributed by atoms with Crippen molar-refractivity contribution in [2.24, 2.45) is 18.9 Å². The van der Waals surface area contributed by atoms with E-state index in [1.807, 2.05) is 7.05 Å². The smallest absolute Gasteiger partial charge is 0.256 e. The molecular weight excluding hydrogens is 292 g/mol. The van der Waals surface area contributed by atoms with Crippen LogP contribution in [-0.2, 0) is 7.05 Å². The van der Waals surface area contributed by atoms with Gasteiger partial charge >= 0.3 is 0 Å². The first-order valence-electron chi connectivity index (χ1n) is 8.40. The summed E-state index contributed by atoms with van der Waals surface area (Å²) < 4.78 is 3.39. The summed E-state index contributed by atoms with van der Waals surface area (Å²) in [5, 5.41) is 15.1. The molecule has 4 rings (SSSR count). The van der Waals surface area contributed by atoms with Crippen LogP contribution in [0.4, 0.5) is 0 Å². The molecule has 2 heterocycles. The molecule has 2 aromatic rings. The van der Waals surface area contributed by atoms with Crippen LogP contribution >= 0.6 is 0 Å². The Labute approximate surface area is 135 Å². The van der Waals surface area contributed by atoms with Crippen LogP contribution < -0.4 is 5.32 Å². The van der Waals surface area contributed by atoms with Crippen molar-refractivity contribution in [1.29, 1.82) is 0 Å². The SMILES string of the molecule is Cn1ncc(C(=O)N[C@H]2CCC[C@@H](C3CC3)C2)c1-n1cnnc1. The summed E-state index contributed by atoms with van der Waals surface area (Å²) in [6.45, 7) is 0. The number of carbonyl (C=O) groups is 1. The van der Waals surface area contributed by atoms with Crippen molar-refractivity contribution < 1.29 is 4.79 Å². The minimum absolute atomic E-state index is 0.0525. The van der Waals surface area contributed by atoms with Gasteiger partial charge in [-0.15, -0.1) is 10.2 Å². The Morgan fingerprint density at radius 1 is 1.17 bits per heavy atom. The number of aromatic nitrogens is 5. The normalized spacial score (nSPS) is 24.6. The van der Waals surface area contributed by atoms with Gasteiger partial charge in [-0.2, -0.15) is 5.10 Å². The molecule has 0 bridgehead atoms. The molecule has 2 aliphatic rings. The lowest BCUT2D eigenvalue weighted by Gasteiger charge is -2.29. The van der Waals surface area contributed by atoms with Crippen LogP contribution in [0.25, 0.3) is 5.82 Å². The fraction of sp³-hybridized carbons (Fsp3) is 0.625. The van der Waals surface area contributed by atoms with Gasteiger partial charge in [0.2, 0.25) is 0 Å². The predicted octanol–water partition coefficient (Wildman–Crippen LogP) is 1.70. The van der Waals surface area contributed by atoms with E-state index < -0.39 is 0 Å². The molecule has 122 valence electrons. The number of carbonyl (C=O) groups excluding carboxylic acids is 1. The molecule has 7 nitrogen and oxygen atoms in total. The molecule has 2 saturated carbocycles. The Morgan fingerprint density at radius 3 is 2.70 bits per heavy atom. The van der Waals surface area contributed by atoms with E-state index in [1.165, 1.54) is 25.7 Å². The van der Waals surface area contributed by atoms with Gasteiger partial charge in [-0.3, -0.25) is 14.0 Å². The topological polar surface area (TPSA) is 77.6 Å². The summed E-state index contributed by atoms with van der Waals surface area (Å²) in [6.07, 6.45) is 12.3. The minimum Gasteiger partial charge on any atom is -0.349 e. The van der Waals surface area contributed by atoms with Crippen LogP contribution in [0.3, 0.4) is 0 Å². The Balaban J connectivity index is 1.49. The van der Waals surface area contributed by atoms with Crippen molar-refractivity contribution in [3.63, 3.8) is 0 Å². The third kappa shape index (κ3) is 2.87. The summed E-state index contributed by atoms with van der Waals surface area (Å²) in [4.78, 5) is 12.7. The molecule has 1 amide bonds. The largest absolute Gasteiger partial charge is 0.349 e. The first-order valence-corrected chi connectivity index (χ1v) is 8.40. The highest BCUT2D eigenvalue weighted by Gasteiger charge is 2.35. The van der Waals surface area contributed by atoms with Gasteiger partial charge < -0.3 is 5.32 Å². The van der Waals surface area contributed by atoms with Gasteiger partial charge in [0.25, 0.3) is 5.91 Å². The number of rotatable bonds is 4. The first kappa shape index (κ1) is 14.4. The average molecular weight is 314 g/mol. The molecule has 0 unspecified atom stereocenters. The molecule has 1 N–H and O–H groups in total. The van der Waals surface area contributed by atoms with Crippen LogP contribution in [-0.4, -0.2) is 36.5 Å². The maximum Gasteiger partial charge on any atom is 0.256 e. The molecule has 2 aromatic heterocycles. The van der Waals surface area contributed by atoms with Gasteiger partial charge in [-0.05, 0) is 37.5 Å². The van der Waals surface area contributed by atoms with Gasteiger partial charge in [0.15, 0.2) is 0 Å². The number of aryl methyl sites for hydroxylation is 1. The molecule has 23 heavy (non-hydrogen) atoms. The van der Waals surface area contributed by atoms with E-state index in [-0.39, 0.29) is 11.9 Å². The average Bonchev–Trinajstić information content (AvgIpc) is 3.13. The van der Waals surface area contributed by atoms with Gasteiger partial charge in [-0.25, -0.2) is 0 Å². The molecule has 0 aromatic carbocycles. The van der Waals surface area contributed by atoms with E-state index in [2.05, 4.69) is 20.6 Å². The summed E-state index contributed by atoms with van der Waals surface area (Å²) in [7, 11) is 1.82. The third-order valence-electron chi connectivity index (χ3n) is 5.15. The number of hydrogen-bond acceptors (Lipinski definition) is 4. The lowest BCUT2D eigenvalue weighted by Crippen LogP contribution is -2.39. The number of hydrogen-bond donors (Lipinski definition) is 1. The van der Waals surface area contributed by atoms with E-state index in [0.717, 1.165) is 24.7 Å². The molecule has 2 fully saturated rings. The van der Waals surface area contributed by atoms with E-state index >= 15 is 0 Å². The lowest BCUT2D eigenvalue weighted by atomic mass is 9.82. The number of nitrogens with one attached hydrogen (secondary N) is 1. The van der Waals surface area contributed by atoms with E-state index in [1.54, 1.807) is 28.1 Å². The standard InChI is InChI=1S/C16H22N6O/c1-21-16(22-9-17-18-10-22)14(8-19-21)15(23)20-13-4-2-3-12(7-13)11-5-6-11/h8-13H,2-7H2,1H3,(H,20,23)/t12-,13+/m1/s1. The highest BCUT2D eigenvalue weighted by molar-refractivity contribution is 5.97. The molecule has 0 spiro atoms. The Kier molecular flexibility index (Phi) is 3.63.